The van der Waals surface area contributed by atoms with Crippen molar-refractivity contribution in [1.82, 2.24) is 0 Å². The molecule has 0 bridgehead atoms. The van der Waals surface area contributed by atoms with Crippen LogP contribution in [0.15, 0.2) is 12.2 Å². The maximum Gasteiger partial charge on any atom is -0.0316 e. The quantitative estimate of drug-likeness (QED) is 0.472. The van der Waals surface area contributed by atoms with E-state index in [1.807, 2.05) is 6.08 Å². The monoisotopic (exact) mass is 95.1 g/mol. The molecule has 0 aliphatic rings. The molecule has 0 aliphatic carbocycles. The van der Waals surface area contributed by atoms with Crippen molar-refractivity contribution in [3.63, 3.8) is 0 Å². The molecule has 0 rings (SSSR count). The van der Waals surface area contributed by atoms with Gasteiger partial charge < -0.3 is 0 Å². The van der Waals surface area contributed by atoms with Crippen LogP contribution in [0.5, 0.6) is 0 Å². The summed E-state index contributed by atoms with van der Waals surface area (Å²) < 4.78 is 0. The van der Waals surface area contributed by atoms with Crippen molar-refractivity contribution in [2.75, 3.05) is 0 Å². The summed E-state index contributed by atoms with van der Waals surface area (Å²) in [7, 11) is 0. The second kappa shape index (κ2) is 5.74. The van der Waals surface area contributed by atoms with E-state index in [9.17, 15) is 0 Å². The molecular formula is C7H11. The molecule has 0 amide bonds. The van der Waals surface area contributed by atoms with Gasteiger partial charge in [-0.05, 0) is 33.1 Å². The lowest BCUT2D eigenvalue weighted by atomic mass is 10.2. The molecule has 0 saturated heterocycles. The maximum atomic E-state index is 5.21. The predicted octanol–water partition coefficient (Wildman–Crippen LogP) is 2.26. The summed E-state index contributed by atoms with van der Waals surface area (Å²) in [5, 5.41) is 0. The molecule has 0 fully saturated rings. The third-order valence-electron chi connectivity index (χ3n) is 0.742. The average molecular weight is 95.2 g/mol. The van der Waals surface area contributed by atoms with Crippen LogP contribution in [0, 0.1) is 13.8 Å². The Balaban J connectivity index is 2.69. The minimum atomic E-state index is 0.782. The summed E-state index contributed by atoms with van der Waals surface area (Å²) >= 11 is 0. The van der Waals surface area contributed by atoms with Gasteiger partial charge in [-0.15, -0.1) is 0 Å². The van der Waals surface area contributed by atoms with Gasteiger partial charge in [0.2, 0.25) is 0 Å². The van der Waals surface area contributed by atoms with Crippen molar-refractivity contribution in [3.8, 4) is 0 Å². The molecule has 0 saturated carbocycles. The topological polar surface area (TPSA) is 0 Å². The summed E-state index contributed by atoms with van der Waals surface area (Å²) in [6, 6.07) is 0. The van der Waals surface area contributed by atoms with Gasteiger partial charge in [-0.25, -0.2) is 0 Å². The standard InChI is InChI=1S/C7H11/c1-3-5-7-6-4-2/h1,4,6H,2-3,5,7H2/b6-4+. The Morgan fingerprint density at radius 2 is 2.29 bits per heavy atom. The fourth-order valence-electron chi connectivity index (χ4n) is 0.354. The van der Waals surface area contributed by atoms with Gasteiger partial charge >= 0.3 is 0 Å². The zero-order valence-electron chi connectivity index (χ0n) is 4.56. The number of hydrogen-bond donors (Lipinski definition) is 0. The van der Waals surface area contributed by atoms with Crippen LogP contribution in [0.4, 0.5) is 0 Å². The number of hydrogen-bond acceptors (Lipinski definition) is 0. The van der Waals surface area contributed by atoms with E-state index in [0.717, 1.165) is 19.3 Å². The lowest BCUT2D eigenvalue weighted by Gasteiger charge is -1.83. The number of rotatable bonds is 3. The smallest absolute Gasteiger partial charge is 0.0316 e. The highest BCUT2D eigenvalue weighted by Gasteiger charge is 1.73. The van der Waals surface area contributed by atoms with E-state index in [1.165, 1.54) is 0 Å². The van der Waals surface area contributed by atoms with Gasteiger partial charge in [0.05, 0.1) is 0 Å². The van der Waals surface area contributed by atoms with E-state index in [1.54, 1.807) is 6.08 Å². The highest BCUT2D eigenvalue weighted by atomic mass is 13.8. The van der Waals surface area contributed by atoms with Crippen LogP contribution >= 0.6 is 0 Å². The van der Waals surface area contributed by atoms with Gasteiger partial charge in [0, 0.05) is 0 Å². The first-order valence-corrected chi connectivity index (χ1v) is 2.56. The van der Waals surface area contributed by atoms with Crippen molar-refractivity contribution in [1.29, 1.82) is 0 Å². The fourth-order valence-corrected chi connectivity index (χ4v) is 0.354. The summed E-state index contributed by atoms with van der Waals surface area (Å²) in [5.41, 5.74) is 0. The van der Waals surface area contributed by atoms with E-state index in [-0.39, 0.29) is 0 Å². The van der Waals surface area contributed by atoms with Crippen molar-refractivity contribution in [3.05, 3.63) is 26.0 Å². The molecular weight excluding hydrogens is 84.1 g/mol. The molecule has 0 spiro atoms. The first-order chi connectivity index (χ1) is 3.41. The molecule has 7 heavy (non-hydrogen) atoms. The Labute approximate surface area is 46.2 Å². The van der Waals surface area contributed by atoms with Crippen molar-refractivity contribution in [2.45, 2.75) is 19.3 Å². The van der Waals surface area contributed by atoms with E-state index < -0.39 is 0 Å². The number of allylic oxidation sites excluding steroid dienone is 2. The fraction of sp³-hybridized carbons (Fsp3) is 0.429. The van der Waals surface area contributed by atoms with Gasteiger partial charge in [0.25, 0.3) is 0 Å². The van der Waals surface area contributed by atoms with Crippen LogP contribution in [0.3, 0.4) is 0 Å². The van der Waals surface area contributed by atoms with Crippen LogP contribution in [-0.2, 0) is 0 Å². The van der Waals surface area contributed by atoms with E-state index >= 15 is 0 Å². The second-order valence-electron chi connectivity index (χ2n) is 1.40. The average Bonchev–Trinajstić information content (AvgIpc) is 1.69. The largest absolute Gasteiger partial charge is 0.0885 e. The number of unbranched alkanes of at least 4 members (excludes halogenated alkanes) is 2. The Morgan fingerprint density at radius 1 is 1.57 bits per heavy atom. The minimum absolute atomic E-state index is 0.782. The maximum absolute atomic E-state index is 5.21. The first-order valence-electron chi connectivity index (χ1n) is 2.56. The first kappa shape index (κ1) is 6.74. The van der Waals surface area contributed by atoms with Crippen LogP contribution in [0.25, 0.3) is 0 Å². The van der Waals surface area contributed by atoms with Crippen LogP contribution in [0.1, 0.15) is 19.3 Å². The summed E-state index contributed by atoms with van der Waals surface area (Å²) in [5.74, 6) is 0. The van der Waals surface area contributed by atoms with Crippen molar-refractivity contribution < 1.29 is 0 Å². The Hall–Kier alpha value is -0.260. The van der Waals surface area contributed by atoms with Crippen LogP contribution in [0.2, 0.25) is 0 Å². The summed E-state index contributed by atoms with van der Waals surface area (Å²) in [6.45, 7) is 8.75. The summed E-state index contributed by atoms with van der Waals surface area (Å²) in [4.78, 5) is 0. The van der Waals surface area contributed by atoms with Crippen LogP contribution in [-0.4, -0.2) is 0 Å². The van der Waals surface area contributed by atoms with Crippen molar-refractivity contribution >= 4 is 0 Å². The van der Waals surface area contributed by atoms with Gasteiger partial charge in [-0.1, -0.05) is 12.2 Å². The normalized spacial score (nSPS) is 10.6. The third-order valence-corrected chi connectivity index (χ3v) is 0.742. The highest BCUT2D eigenvalue weighted by molar-refractivity contribution is 4.83. The van der Waals surface area contributed by atoms with Gasteiger partial charge in [0.1, 0.15) is 0 Å². The van der Waals surface area contributed by atoms with Crippen molar-refractivity contribution in [2.24, 2.45) is 0 Å². The van der Waals surface area contributed by atoms with Gasteiger partial charge in [-0.2, -0.15) is 0 Å². The lowest BCUT2D eigenvalue weighted by Crippen LogP contribution is -1.64. The molecule has 0 heteroatoms. The molecule has 0 aromatic rings. The zero-order valence-corrected chi connectivity index (χ0v) is 4.56. The lowest BCUT2D eigenvalue weighted by molar-refractivity contribution is 0.866. The molecule has 0 N–H and O–H groups in total. The Morgan fingerprint density at radius 3 is 2.71 bits per heavy atom. The minimum Gasteiger partial charge on any atom is -0.0885 e. The predicted molar refractivity (Wildman–Crippen MR) is 32.6 cm³/mol. The molecule has 0 unspecified atom stereocenters. The van der Waals surface area contributed by atoms with E-state index in [2.05, 4.69) is 6.92 Å². The molecule has 0 nitrogen and oxygen atoms in total. The molecule has 3 radical (unpaired) electrons. The molecule has 0 aliphatic heterocycles. The molecule has 0 heterocycles. The third kappa shape index (κ3) is 5.74. The highest BCUT2D eigenvalue weighted by Crippen LogP contribution is 1.92. The SMILES string of the molecule is [CH]CCC/C=C/[CH2]. The Bertz CT molecular complexity index is 44.0. The van der Waals surface area contributed by atoms with Gasteiger partial charge in [0.15, 0.2) is 0 Å². The van der Waals surface area contributed by atoms with E-state index in [4.69, 9.17) is 6.92 Å². The molecule has 0 aromatic heterocycles. The van der Waals surface area contributed by atoms with E-state index in [0.29, 0.717) is 0 Å². The second-order valence-corrected chi connectivity index (χ2v) is 1.40. The molecule has 0 aromatic carbocycles. The Kier molecular flexibility index (Phi) is 5.53. The zero-order chi connectivity index (χ0) is 5.54. The summed E-state index contributed by atoms with van der Waals surface area (Å²) in [6.07, 6.45) is 6.75. The molecule has 39 valence electrons. The van der Waals surface area contributed by atoms with Gasteiger partial charge in [-0.3, -0.25) is 0 Å². The van der Waals surface area contributed by atoms with Crippen LogP contribution < -0.4 is 0 Å². The molecule has 0 atom stereocenters.